The molecule has 0 amide bonds. The molecule has 0 radical (unpaired) electrons. The summed E-state index contributed by atoms with van der Waals surface area (Å²) in [6.07, 6.45) is 1.87. The third kappa shape index (κ3) is 2.40. The molecule has 0 spiro atoms. The Morgan fingerprint density at radius 3 is 2.81 bits per heavy atom. The molecule has 1 aliphatic rings. The SMILES string of the molecule is N[C@@H](c1csc([N+](=O)[O-])c1)C1CCOCC1. The van der Waals surface area contributed by atoms with Crippen molar-refractivity contribution in [1.82, 2.24) is 0 Å². The number of ether oxygens (including phenoxy) is 1. The molecule has 5 nitrogen and oxygen atoms in total. The highest BCUT2D eigenvalue weighted by atomic mass is 32.1. The minimum Gasteiger partial charge on any atom is -0.381 e. The van der Waals surface area contributed by atoms with E-state index in [0.29, 0.717) is 5.92 Å². The minimum absolute atomic E-state index is 0.103. The molecule has 1 aliphatic heterocycles. The van der Waals surface area contributed by atoms with Crippen molar-refractivity contribution in [3.05, 3.63) is 27.1 Å². The molecule has 0 aromatic carbocycles. The minimum atomic E-state index is -0.370. The van der Waals surface area contributed by atoms with E-state index in [0.717, 1.165) is 43.0 Å². The van der Waals surface area contributed by atoms with Crippen molar-refractivity contribution in [2.24, 2.45) is 11.7 Å². The topological polar surface area (TPSA) is 78.4 Å². The molecule has 0 unspecified atom stereocenters. The van der Waals surface area contributed by atoms with Crippen molar-refractivity contribution in [3.63, 3.8) is 0 Å². The summed E-state index contributed by atoms with van der Waals surface area (Å²) in [4.78, 5) is 10.2. The Bertz CT molecular complexity index is 374. The highest BCUT2D eigenvalue weighted by Gasteiger charge is 2.24. The van der Waals surface area contributed by atoms with Crippen LogP contribution in [0.5, 0.6) is 0 Å². The molecule has 88 valence electrons. The van der Waals surface area contributed by atoms with Gasteiger partial charge in [-0.15, -0.1) is 0 Å². The highest BCUT2D eigenvalue weighted by Crippen LogP contribution is 2.33. The fourth-order valence-electron chi connectivity index (χ4n) is 1.96. The first-order valence-corrected chi connectivity index (χ1v) is 6.12. The lowest BCUT2D eigenvalue weighted by Gasteiger charge is -2.26. The predicted molar refractivity (Wildman–Crippen MR) is 61.4 cm³/mol. The van der Waals surface area contributed by atoms with Gasteiger partial charge in [0.05, 0.1) is 4.92 Å². The quantitative estimate of drug-likeness (QED) is 0.650. The summed E-state index contributed by atoms with van der Waals surface area (Å²) in [5, 5.41) is 12.5. The molecule has 2 rings (SSSR count). The van der Waals surface area contributed by atoms with E-state index in [2.05, 4.69) is 0 Å². The lowest BCUT2D eigenvalue weighted by molar-refractivity contribution is -0.380. The summed E-state index contributed by atoms with van der Waals surface area (Å²) in [6, 6.07) is 1.49. The van der Waals surface area contributed by atoms with Crippen LogP contribution in [0.4, 0.5) is 5.00 Å². The number of thiophene rings is 1. The lowest BCUT2D eigenvalue weighted by atomic mass is 9.89. The number of hydrogen-bond acceptors (Lipinski definition) is 5. The van der Waals surface area contributed by atoms with Crippen LogP contribution in [0.3, 0.4) is 0 Å². The number of nitrogens with zero attached hydrogens (tertiary/aromatic N) is 1. The highest BCUT2D eigenvalue weighted by molar-refractivity contribution is 7.13. The third-order valence-corrected chi connectivity index (χ3v) is 3.84. The van der Waals surface area contributed by atoms with Gasteiger partial charge in [0.25, 0.3) is 0 Å². The summed E-state index contributed by atoms with van der Waals surface area (Å²) >= 11 is 1.14. The van der Waals surface area contributed by atoms with Crippen molar-refractivity contribution in [1.29, 1.82) is 0 Å². The summed E-state index contributed by atoms with van der Waals surface area (Å²) in [5.74, 6) is 0.378. The van der Waals surface area contributed by atoms with Gasteiger partial charge in [-0.3, -0.25) is 10.1 Å². The third-order valence-electron chi connectivity index (χ3n) is 2.94. The van der Waals surface area contributed by atoms with Crippen LogP contribution in [-0.4, -0.2) is 18.1 Å². The van der Waals surface area contributed by atoms with Gasteiger partial charge in [0, 0.05) is 30.7 Å². The zero-order valence-corrected chi connectivity index (χ0v) is 9.61. The molecule has 6 heteroatoms. The van der Waals surface area contributed by atoms with Gasteiger partial charge in [0.1, 0.15) is 0 Å². The zero-order valence-electron chi connectivity index (χ0n) is 8.80. The van der Waals surface area contributed by atoms with E-state index < -0.39 is 0 Å². The average Bonchev–Trinajstić information content (AvgIpc) is 2.78. The fourth-order valence-corrected chi connectivity index (χ4v) is 2.73. The van der Waals surface area contributed by atoms with Crippen LogP contribution in [0.2, 0.25) is 0 Å². The van der Waals surface area contributed by atoms with Crippen LogP contribution in [0.15, 0.2) is 11.4 Å². The van der Waals surface area contributed by atoms with Gasteiger partial charge in [-0.05, 0) is 24.3 Å². The van der Waals surface area contributed by atoms with Gasteiger partial charge in [0.15, 0.2) is 0 Å². The summed E-state index contributed by atoms with van der Waals surface area (Å²) in [7, 11) is 0. The fraction of sp³-hybridized carbons (Fsp3) is 0.600. The molecule has 16 heavy (non-hydrogen) atoms. The van der Waals surface area contributed by atoms with E-state index in [4.69, 9.17) is 10.5 Å². The van der Waals surface area contributed by atoms with Crippen molar-refractivity contribution >= 4 is 16.3 Å². The second-order valence-electron chi connectivity index (χ2n) is 3.95. The first kappa shape index (κ1) is 11.5. The monoisotopic (exact) mass is 242 g/mol. The number of nitro groups is 1. The molecule has 1 aromatic heterocycles. The van der Waals surface area contributed by atoms with E-state index in [1.54, 1.807) is 11.4 Å². The predicted octanol–water partition coefficient (Wildman–Crippen LogP) is 2.08. The second kappa shape index (κ2) is 4.90. The lowest BCUT2D eigenvalue weighted by Crippen LogP contribution is -2.27. The molecule has 0 bridgehead atoms. The smallest absolute Gasteiger partial charge is 0.324 e. The first-order valence-electron chi connectivity index (χ1n) is 5.24. The Labute approximate surface area is 97.4 Å². The standard InChI is InChI=1S/C10H14N2O3S/c11-10(7-1-3-15-4-2-7)8-5-9(12(13)14)16-6-8/h5-7,10H,1-4,11H2/t10-/m1/s1. The number of hydrogen-bond donors (Lipinski definition) is 1. The Kier molecular flexibility index (Phi) is 3.52. The maximum Gasteiger partial charge on any atom is 0.324 e. The van der Waals surface area contributed by atoms with Crippen LogP contribution in [-0.2, 0) is 4.74 Å². The van der Waals surface area contributed by atoms with Crippen molar-refractivity contribution in [2.75, 3.05) is 13.2 Å². The molecule has 0 saturated carbocycles. The molecule has 0 aliphatic carbocycles. The van der Waals surface area contributed by atoms with E-state index in [9.17, 15) is 10.1 Å². The van der Waals surface area contributed by atoms with E-state index in [1.807, 2.05) is 0 Å². The second-order valence-corrected chi connectivity index (χ2v) is 4.84. The van der Waals surface area contributed by atoms with E-state index in [-0.39, 0.29) is 16.0 Å². The normalized spacial score (nSPS) is 19.6. The van der Waals surface area contributed by atoms with Crippen LogP contribution in [0.1, 0.15) is 24.4 Å². The summed E-state index contributed by atoms with van der Waals surface area (Å²) < 4.78 is 5.27. The maximum absolute atomic E-state index is 10.6. The Morgan fingerprint density at radius 2 is 2.25 bits per heavy atom. The average molecular weight is 242 g/mol. The molecule has 1 atom stereocenters. The summed E-state index contributed by atoms with van der Waals surface area (Å²) in [6.45, 7) is 1.48. The first-order chi connectivity index (χ1) is 7.68. The van der Waals surface area contributed by atoms with Crippen LogP contribution >= 0.6 is 11.3 Å². The Morgan fingerprint density at radius 1 is 1.56 bits per heavy atom. The summed E-state index contributed by atoms with van der Waals surface area (Å²) in [5.41, 5.74) is 6.99. The maximum atomic E-state index is 10.6. The van der Waals surface area contributed by atoms with Crippen molar-refractivity contribution in [3.8, 4) is 0 Å². The van der Waals surface area contributed by atoms with Crippen LogP contribution in [0, 0.1) is 16.0 Å². The molecule has 1 aromatic rings. The van der Waals surface area contributed by atoms with Gasteiger partial charge >= 0.3 is 5.00 Å². The van der Waals surface area contributed by atoms with Gasteiger partial charge in [0.2, 0.25) is 0 Å². The molecule has 1 saturated heterocycles. The zero-order chi connectivity index (χ0) is 11.5. The molecular weight excluding hydrogens is 228 g/mol. The van der Waals surface area contributed by atoms with E-state index >= 15 is 0 Å². The van der Waals surface area contributed by atoms with Gasteiger partial charge in [-0.2, -0.15) is 0 Å². The van der Waals surface area contributed by atoms with Crippen molar-refractivity contribution < 1.29 is 9.66 Å². The molecular formula is C10H14N2O3S. The van der Waals surface area contributed by atoms with Gasteiger partial charge < -0.3 is 10.5 Å². The van der Waals surface area contributed by atoms with E-state index in [1.165, 1.54) is 0 Å². The van der Waals surface area contributed by atoms with Gasteiger partial charge in [-0.25, -0.2) is 0 Å². The molecule has 1 fully saturated rings. The number of nitrogens with two attached hydrogens (primary N) is 1. The largest absolute Gasteiger partial charge is 0.381 e. The number of rotatable bonds is 3. The van der Waals surface area contributed by atoms with Gasteiger partial charge in [-0.1, -0.05) is 11.3 Å². The van der Waals surface area contributed by atoms with Crippen molar-refractivity contribution in [2.45, 2.75) is 18.9 Å². The molecule has 2 heterocycles. The van der Waals surface area contributed by atoms with Crippen LogP contribution < -0.4 is 5.73 Å². The molecule has 2 N–H and O–H groups in total. The Balaban J connectivity index is 2.07. The Hall–Kier alpha value is -0.980. The van der Waals surface area contributed by atoms with Crippen LogP contribution in [0.25, 0.3) is 0 Å².